The quantitative estimate of drug-likeness (QED) is 0.879. The fourth-order valence-corrected chi connectivity index (χ4v) is 2.46. The van der Waals surface area contributed by atoms with E-state index in [-0.39, 0.29) is 11.5 Å². The predicted octanol–water partition coefficient (Wildman–Crippen LogP) is 2.85. The number of hydrogen-bond donors (Lipinski definition) is 2. The van der Waals surface area contributed by atoms with Crippen LogP contribution in [0.1, 0.15) is 21.5 Å². The van der Waals surface area contributed by atoms with Gasteiger partial charge in [0, 0.05) is 5.69 Å². The van der Waals surface area contributed by atoms with Gasteiger partial charge in [-0.05, 0) is 53.4 Å². The molecule has 0 fully saturated rings. The van der Waals surface area contributed by atoms with E-state index < -0.39 is 5.97 Å². The summed E-state index contributed by atoms with van der Waals surface area (Å²) < 4.78 is 0. The first-order valence-corrected chi connectivity index (χ1v) is 6.32. The van der Waals surface area contributed by atoms with E-state index in [2.05, 4.69) is 5.32 Å². The van der Waals surface area contributed by atoms with E-state index in [1.165, 1.54) is 0 Å². The maximum Gasteiger partial charge on any atom is 0.335 e. The van der Waals surface area contributed by atoms with E-state index >= 15 is 0 Å². The van der Waals surface area contributed by atoms with Gasteiger partial charge in [0.2, 0.25) is 5.91 Å². The Bertz CT molecular complexity index is 734. The van der Waals surface area contributed by atoms with Gasteiger partial charge in [0.1, 0.15) is 0 Å². The van der Waals surface area contributed by atoms with Crippen molar-refractivity contribution >= 4 is 17.6 Å². The van der Waals surface area contributed by atoms with Crippen LogP contribution in [0.3, 0.4) is 0 Å². The molecule has 0 bridgehead atoms. The molecule has 0 saturated carbocycles. The number of benzene rings is 2. The molecule has 1 amide bonds. The summed E-state index contributed by atoms with van der Waals surface area (Å²) in [6, 6.07) is 10.8. The highest BCUT2D eigenvalue weighted by Crippen LogP contribution is 2.31. The Morgan fingerprint density at radius 3 is 2.75 bits per heavy atom. The van der Waals surface area contributed by atoms with Crippen molar-refractivity contribution in [3.63, 3.8) is 0 Å². The predicted molar refractivity (Wildman–Crippen MR) is 75.9 cm³/mol. The smallest absolute Gasteiger partial charge is 0.335 e. The fraction of sp³-hybridized carbons (Fsp3) is 0.125. The normalized spacial score (nSPS) is 12.9. The van der Waals surface area contributed by atoms with Crippen LogP contribution in [0.5, 0.6) is 0 Å². The summed E-state index contributed by atoms with van der Waals surface area (Å²) in [5, 5.41) is 11.9. The standard InChI is InChI=1S/C16H13NO3/c1-9-2-3-11(16(19)20)7-13(9)10-4-5-14-12(6-10)8-15(18)17-14/h2-7H,8H2,1H3,(H,17,18)(H,19,20). The van der Waals surface area contributed by atoms with Gasteiger partial charge in [0.25, 0.3) is 0 Å². The molecule has 2 aromatic carbocycles. The van der Waals surface area contributed by atoms with E-state index in [0.29, 0.717) is 6.42 Å². The Morgan fingerprint density at radius 2 is 2.00 bits per heavy atom. The van der Waals surface area contributed by atoms with Crippen LogP contribution in [-0.4, -0.2) is 17.0 Å². The average Bonchev–Trinajstić information content (AvgIpc) is 2.78. The molecule has 0 radical (unpaired) electrons. The molecule has 0 atom stereocenters. The minimum absolute atomic E-state index is 0.00633. The lowest BCUT2D eigenvalue weighted by Crippen LogP contribution is -2.03. The molecule has 0 aromatic heterocycles. The van der Waals surface area contributed by atoms with E-state index in [1.54, 1.807) is 18.2 Å². The first kappa shape index (κ1) is 12.4. The minimum Gasteiger partial charge on any atom is -0.478 e. The zero-order chi connectivity index (χ0) is 14.3. The van der Waals surface area contributed by atoms with Gasteiger partial charge in [-0.3, -0.25) is 4.79 Å². The molecule has 2 N–H and O–H groups in total. The van der Waals surface area contributed by atoms with Gasteiger partial charge < -0.3 is 10.4 Å². The number of nitrogens with one attached hydrogen (secondary N) is 1. The van der Waals surface area contributed by atoms with Crippen LogP contribution < -0.4 is 5.32 Å². The van der Waals surface area contributed by atoms with Gasteiger partial charge in [-0.1, -0.05) is 12.1 Å². The number of hydrogen-bond acceptors (Lipinski definition) is 2. The number of aromatic carboxylic acids is 1. The molecular weight excluding hydrogens is 254 g/mol. The van der Waals surface area contributed by atoms with E-state index in [9.17, 15) is 9.59 Å². The molecule has 100 valence electrons. The van der Waals surface area contributed by atoms with E-state index in [1.807, 2.05) is 25.1 Å². The van der Waals surface area contributed by atoms with Gasteiger partial charge in [0.15, 0.2) is 0 Å². The van der Waals surface area contributed by atoms with E-state index in [0.717, 1.165) is 27.9 Å². The van der Waals surface area contributed by atoms with Crippen molar-refractivity contribution < 1.29 is 14.7 Å². The summed E-state index contributed by atoms with van der Waals surface area (Å²) in [6.07, 6.45) is 0.376. The Kier molecular flexibility index (Phi) is 2.79. The molecule has 4 nitrogen and oxygen atoms in total. The summed E-state index contributed by atoms with van der Waals surface area (Å²) in [5.74, 6) is -0.947. The lowest BCUT2D eigenvalue weighted by atomic mass is 9.96. The zero-order valence-corrected chi connectivity index (χ0v) is 10.9. The monoisotopic (exact) mass is 267 g/mol. The number of amides is 1. The number of carbonyl (C=O) groups excluding carboxylic acids is 1. The Morgan fingerprint density at radius 1 is 1.20 bits per heavy atom. The number of carboxylic acid groups (broad SMARTS) is 1. The number of anilines is 1. The van der Waals surface area contributed by atoms with Crippen LogP contribution >= 0.6 is 0 Å². The SMILES string of the molecule is Cc1ccc(C(=O)O)cc1-c1ccc2c(c1)CC(=O)N2. The van der Waals surface area contributed by atoms with Gasteiger partial charge in [-0.15, -0.1) is 0 Å². The summed E-state index contributed by atoms with van der Waals surface area (Å²) in [6.45, 7) is 1.94. The van der Waals surface area contributed by atoms with Gasteiger partial charge in [-0.25, -0.2) is 4.79 Å². The lowest BCUT2D eigenvalue weighted by Gasteiger charge is -2.09. The second-order valence-electron chi connectivity index (χ2n) is 4.93. The highest BCUT2D eigenvalue weighted by molar-refractivity contribution is 6.00. The molecule has 1 heterocycles. The molecule has 0 spiro atoms. The molecule has 1 aliphatic heterocycles. The molecule has 0 aliphatic carbocycles. The first-order valence-electron chi connectivity index (χ1n) is 6.32. The Balaban J connectivity index is 2.10. The van der Waals surface area contributed by atoms with Gasteiger partial charge in [0.05, 0.1) is 12.0 Å². The topological polar surface area (TPSA) is 66.4 Å². The molecule has 0 unspecified atom stereocenters. The first-order chi connectivity index (χ1) is 9.54. The second-order valence-corrected chi connectivity index (χ2v) is 4.93. The number of carbonyl (C=O) groups is 2. The molecule has 0 saturated heterocycles. The van der Waals surface area contributed by atoms with Crippen LogP contribution in [-0.2, 0) is 11.2 Å². The molecule has 3 rings (SSSR count). The van der Waals surface area contributed by atoms with Crippen LogP contribution in [0.2, 0.25) is 0 Å². The van der Waals surface area contributed by atoms with Crippen LogP contribution in [0.4, 0.5) is 5.69 Å². The third-order valence-electron chi connectivity index (χ3n) is 3.53. The summed E-state index contributed by atoms with van der Waals surface area (Å²) >= 11 is 0. The highest BCUT2D eigenvalue weighted by Gasteiger charge is 2.18. The highest BCUT2D eigenvalue weighted by atomic mass is 16.4. The molecule has 4 heteroatoms. The number of carboxylic acids is 1. The third-order valence-corrected chi connectivity index (χ3v) is 3.53. The van der Waals surface area contributed by atoms with Gasteiger partial charge in [-0.2, -0.15) is 0 Å². The maximum atomic E-state index is 11.4. The number of aryl methyl sites for hydroxylation is 1. The largest absolute Gasteiger partial charge is 0.478 e. The van der Waals surface area contributed by atoms with Crippen molar-refractivity contribution in [3.8, 4) is 11.1 Å². The summed E-state index contributed by atoms with van der Waals surface area (Å²) in [4.78, 5) is 22.4. The van der Waals surface area contributed by atoms with Crippen molar-refractivity contribution in [2.24, 2.45) is 0 Å². The molecule has 2 aromatic rings. The summed E-state index contributed by atoms with van der Waals surface area (Å²) in [5.41, 5.74) is 4.87. The molecular formula is C16H13NO3. The van der Waals surface area contributed by atoms with Crippen molar-refractivity contribution in [2.45, 2.75) is 13.3 Å². The number of rotatable bonds is 2. The van der Waals surface area contributed by atoms with Crippen LogP contribution in [0, 0.1) is 6.92 Å². The van der Waals surface area contributed by atoms with Crippen molar-refractivity contribution in [2.75, 3.05) is 5.32 Å². The Hall–Kier alpha value is -2.62. The van der Waals surface area contributed by atoms with Crippen molar-refractivity contribution in [3.05, 3.63) is 53.1 Å². The zero-order valence-electron chi connectivity index (χ0n) is 10.9. The fourth-order valence-electron chi connectivity index (χ4n) is 2.46. The van der Waals surface area contributed by atoms with Crippen molar-refractivity contribution in [1.29, 1.82) is 0 Å². The average molecular weight is 267 g/mol. The number of fused-ring (bicyclic) bond motifs is 1. The molecule has 1 aliphatic rings. The van der Waals surface area contributed by atoms with Crippen molar-refractivity contribution in [1.82, 2.24) is 0 Å². The second kappa shape index (κ2) is 4.49. The minimum atomic E-state index is -0.941. The van der Waals surface area contributed by atoms with Crippen LogP contribution in [0.25, 0.3) is 11.1 Å². The van der Waals surface area contributed by atoms with E-state index in [4.69, 9.17) is 5.11 Å². The molecule has 20 heavy (non-hydrogen) atoms. The summed E-state index contributed by atoms with van der Waals surface area (Å²) in [7, 11) is 0. The van der Waals surface area contributed by atoms with Gasteiger partial charge >= 0.3 is 5.97 Å². The maximum absolute atomic E-state index is 11.4. The van der Waals surface area contributed by atoms with Crippen LogP contribution in [0.15, 0.2) is 36.4 Å². The Labute approximate surface area is 116 Å². The lowest BCUT2D eigenvalue weighted by molar-refractivity contribution is -0.115. The third kappa shape index (κ3) is 2.05.